The number of hydrogen-bond acceptors (Lipinski definition) is 6. The van der Waals surface area contributed by atoms with E-state index in [1.165, 1.54) is 17.6 Å². The molecule has 2 aromatic rings. The number of ether oxygens (including phenoxy) is 3. The van der Waals surface area contributed by atoms with Gasteiger partial charge in [-0.15, -0.1) is 0 Å². The number of nitrogens with zero attached hydrogens (tertiary/aromatic N) is 2. The minimum absolute atomic E-state index is 0.270. The zero-order valence-corrected chi connectivity index (χ0v) is 19.1. The lowest BCUT2D eigenvalue weighted by atomic mass is 9.87. The van der Waals surface area contributed by atoms with E-state index in [0.29, 0.717) is 12.8 Å². The molecule has 0 saturated carbocycles. The van der Waals surface area contributed by atoms with Crippen LogP contribution in [0.1, 0.15) is 50.4 Å². The molecule has 4 rings (SSSR count). The number of methoxy groups -OCH3 is 1. The molecule has 2 atom stereocenters. The van der Waals surface area contributed by atoms with E-state index >= 15 is 0 Å². The first kappa shape index (κ1) is 21.4. The summed E-state index contributed by atoms with van der Waals surface area (Å²) in [6.07, 6.45) is 1.32. The first-order valence-corrected chi connectivity index (χ1v) is 10.7. The molecule has 1 spiro atoms. The summed E-state index contributed by atoms with van der Waals surface area (Å²) in [7, 11) is 1.33. The van der Waals surface area contributed by atoms with Crippen LogP contribution in [0.3, 0.4) is 0 Å². The molecule has 31 heavy (non-hydrogen) atoms. The molecule has 1 aromatic heterocycles. The minimum Gasteiger partial charge on any atom is -0.483 e. The summed E-state index contributed by atoms with van der Waals surface area (Å²) < 4.78 is 17.1. The van der Waals surface area contributed by atoms with Crippen LogP contribution in [0.15, 0.2) is 18.2 Å². The lowest BCUT2D eigenvalue weighted by Gasteiger charge is -2.36. The predicted octanol–water partition coefficient (Wildman–Crippen LogP) is 4.10. The number of esters is 1. The minimum atomic E-state index is -0.739. The number of benzene rings is 1. The lowest BCUT2D eigenvalue weighted by molar-refractivity contribution is -0.145. The van der Waals surface area contributed by atoms with Crippen molar-refractivity contribution in [2.24, 2.45) is 0 Å². The van der Waals surface area contributed by atoms with Crippen molar-refractivity contribution in [3.05, 3.63) is 35.0 Å². The molecule has 7 heteroatoms. The average molecular weight is 427 g/mol. The van der Waals surface area contributed by atoms with Crippen LogP contribution in [0, 0.1) is 13.8 Å². The van der Waals surface area contributed by atoms with Crippen LogP contribution >= 0.6 is 0 Å². The molecule has 2 aliphatic rings. The number of likely N-dealkylation sites (tertiary alicyclic amines) is 1. The van der Waals surface area contributed by atoms with Gasteiger partial charge in [0.2, 0.25) is 0 Å². The number of pyridine rings is 1. The first-order chi connectivity index (χ1) is 14.5. The molecular weight excluding hydrogens is 396 g/mol. The third-order valence-electron chi connectivity index (χ3n) is 6.02. The number of fused-ring (bicyclic) bond motifs is 3. The quantitative estimate of drug-likeness (QED) is 0.639. The van der Waals surface area contributed by atoms with Crippen LogP contribution < -0.4 is 4.74 Å². The van der Waals surface area contributed by atoms with Crippen molar-refractivity contribution in [1.82, 2.24) is 9.88 Å². The Bertz CT molecular complexity index is 1060. The van der Waals surface area contributed by atoms with E-state index < -0.39 is 29.3 Å². The van der Waals surface area contributed by atoms with Crippen LogP contribution in [-0.2, 0) is 20.7 Å². The molecule has 3 heterocycles. The number of amides is 1. The van der Waals surface area contributed by atoms with Crippen LogP contribution in [-0.4, -0.2) is 52.8 Å². The Kier molecular flexibility index (Phi) is 5.10. The molecule has 7 nitrogen and oxygen atoms in total. The summed E-state index contributed by atoms with van der Waals surface area (Å²) in [5.74, 6) is 0.306. The molecule has 0 radical (unpaired) electrons. The maximum Gasteiger partial charge on any atom is 0.411 e. The number of aromatic nitrogens is 1. The van der Waals surface area contributed by atoms with Crippen LogP contribution in [0.25, 0.3) is 10.9 Å². The number of carbonyl (C=O) groups excluding carboxylic acids is 2. The summed E-state index contributed by atoms with van der Waals surface area (Å²) >= 11 is 0. The molecule has 1 amide bonds. The summed E-state index contributed by atoms with van der Waals surface area (Å²) in [4.78, 5) is 31.6. The van der Waals surface area contributed by atoms with E-state index in [1.807, 2.05) is 13.0 Å². The highest BCUT2D eigenvalue weighted by atomic mass is 16.6. The predicted molar refractivity (Wildman–Crippen MR) is 116 cm³/mol. The Morgan fingerprint density at radius 1 is 1.26 bits per heavy atom. The van der Waals surface area contributed by atoms with Gasteiger partial charge in [0, 0.05) is 17.4 Å². The zero-order valence-electron chi connectivity index (χ0n) is 19.1. The summed E-state index contributed by atoms with van der Waals surface area (Å²) in [5.41, 5.74) is 2.74. The molecule has 1 saturated heterocycles. The summed E-state index contributed by atoms with van der Waals surface area (Å²) in [6.45, 7) is 9.69. The van der Waals surface area contributed by atoms with Crippen LogP contribution in [0.4, 0.5) is 4.79 Å². The molecule has 1 aromatic carbocycles. The SMILES string of the molecule is COC(=O)[C@@H]1C[C@]2(CCc3c(c(C)nc4ccc(C)cc34)O2)CN1C(=O)OC(C)(C)C. The van der Waals surface area contributed by atoms with E-state index in [4.69, 9.17) is 19.2 Å². The van der Waals surface area contributed by atoms with Crippen LogP contribution in [0.5, 0.6) is 5.75 Å². The van der Waals surface area contributed by atoms with Gasteiger partial charge in [-0.3, -0.25) is 4.90 Å². The van der Waals surface area contributed by atoms with Gasteiger partial charge in [0.05, 0.1) is 24.9 Å². The average Bonchev–Trinajstić information content (AvgIpc) is 3.06. The number of carbonyl (C=O) groups is 2. The van der Waals surface area contributed by atoms with E-state index in [2.05, 4.69) is 19.1 Å². The Hall–Kier alpha value is -2.83. The van der Waals surface area contributed by atoms with Gasteiger partial charge in [-0.1, -0.05) is 11.6 Å². The maximum absolute atomic E-state index is 12.9. The maximum atomic E-state index is 12.9. The number of rotatable bonds is 1. The molecule has 1 fully saturated rings. The fraction of sp³-hybridized carbons (Fsp3) is 0.542. The van der Waals surface area contributed by atoms with Crippen molar-refractivity contribution in [3.8, 4) is 5.75 Å². The number of aryl methyl sites for hydroxylation is 3. The molecule has 0 unspecified atom stereocenters. The van der Waals surface area contributed by atoms with E-state index in [1.54, 1.807) is 20.8 Å². The molecule has 2 aliphatic heterocycles. The van der Waals surface area contributed by atoms with Crippen molar-refractivity contribution in [2.75, 3.05) is 13.7 Å². The van der Waals surface area contributed by atoms with E-state index in [-0.39, 0.29) is 6.54 Å². The highest BCUT2D eigenvalue weighted by molar-refractivity contribution is 5.86. The van der Waals surface area contributed by atoms with Gasteiger partial charge in [0.1, 0.15) is 23.0 Å². The van der Waals surface area contributed by atoms with Crippen molar-refractivity contribution < 1.29 is 23.8 Å². The smallest absolute Gasteiger partial charge is 0.411 e. The van der Waals surface area contributed by atoms with Crippen molar-refractivity contribution >= 4 is 23.0 Å². The topological polar surface area (TPSA) is 78.0 Å². The third kappa shape index (κ3) is 3.93. The lowest BCUT2D eigenvalue weighted by Crippen LogP contribution is -2.46. The monoisotopic (exact) mass is 426 g/mol. The second-order valence-electron chi connectivity index (χ2n) is 9.66. The standard InChI is InChI=1S/C24H30N2O5/c1-14-7-8-18-17(11-14)16-9-10-24(30-20(16)15(2)25-18)12-19(21(27)29-6)26(13-24)22(28)31-23(3,4)5/h7-8,11,19H,9-10,12-13H2,1-6H3/t19-,24+/m0/s1. The fourth-order valence-corrected chi connectivity index (χ4v) is 4.63. The summed E-state index contributed by atoms with van der Waals surface area (Å²) in [5, 5.41) is 1.10. The second kappa shape index (κ2) is 7.39. The third-order valence-corrected chi connectivity index (χ3v) is 6.02. The Labute approximate surface area is 182 Å². The van der Waals surface area contributed by atoms with Gasteiger partial charge in [0.25, 0.3) is 0 Å². The molecule has 0 aliphatic carbocycles. The van der Waals surface area contributed by atoms with Crippen molar-refractivity contribution in [2.45, 2.75) is 71.1 Å². The van der Waals surface area contributed by atoms with Gasteiger partial charge in [-0.05, 0) is 59.6 Å². The van der Waals surface area contributed by atoms with Crippen molar-refractivity contribution in [1.29, 1.82) is 0 Å². The highest BCUT2D eigenvalue weighted by Gasteiger charge is 2.53. The Morgan fingerprint density at radius 2 is 2.00 bits per heavy atom. The van der Waals surface area contributed by atoms with E-state index in [0.717, 1.165) is 34.3 Å². The van der Waals surface area contributed by atoms with Gasteiger partial charge in [0.15, 0.2) is 0 Å². The fourth-order valence-electron chi connectivity index (χ4n) is 4.63. The molecule has 166 valence electrons. The largest absolute Gasteiger partial charge is 0.483 e. The Morgan fingerprint density at radius 3 is 2.68 bits per heavy atom. The summed E-state index contributed by atoms with van der Waals surface area (Å²) in [6, 6.07) is 5.50. The van der Waals surface area contributed by atoms with Gasteiger partial charge < -0.3 is 14.2 Å². The molecule has 0 bridgehead atoms. The van der Waals surface area contributed by atoms with Crippen molar-refractivity contribution in [3.63, 3.8) is 0 Å². The normalized spacial score (nSPS) is 22.9. The van der Waals surface area contributed by atoms with Gasteiger partial charge in [-0.2, -0.15) is 0 Å². The zero-order chi connectivity index (χ0) is 22.6. The van der Waals surface area contributed by atoms with Gasteiger partial charge >= 0.3 is 12.1 Å². The molecular formula is C24H30N2O5. The van der Waals surface area contributed by atoms with E-state index in [9.17, 15) is 9.59 Å². The number of hydrogen-bond donors (Lipinski definition) is 0. The Balaban J connectivity index is 1.69. The van der Waals surface area contributed by atoms with Gasteiger partial charge in [-0.25, -0.2) is 14.6 Å². The van der Waals surface area contributed by atoms with Crippen LogP contribution in [0.2, 0.25) is 0 Å². The molecule has 0 N–H and O–H groups in total. The second-order valence-corrected chi connectivity index (χ2v) is 9.66. The highest BCUT2D eigenvalue weighted by Crippen LogP contribution is 2.44. The first-order valence-electron chi connectivity index (χ1n) is 10.7.